The van der Waals surface area contributed by atoms with Gasteiger partial charge in [-0.2, -0.15) is 0 Å². The van der Waals surface area contributed by atoms with Crippen LogP contribution < -0.4 is 9.47 Å². The van der Waals surface area contributed by atoms with E-state index in [0.717, 1.165) is 95.9 Å². The number of methoxy groups -OCH3 is 2. The van der Waals surface area contributed by atoms with Crippen molar-refractivity contribution in [1.29, 1.82) is 0 Å². The van der Waals surface area contributed by atoms with Crippen molar-refractivity contribution in [3.63, 3.8) is 0 Å². The number of carbonyl (C=O) groups is 2. The lowest BCUT2D eigenvalue weighted by atomic mass is 9.97. The van der Waals surface area contributed by atoms with E-state index < -0.39 is 12.2 Å². The first kappa shape index (κ1) is 72.3. The van der Waals surface area contributed by atoms with Crippen molar-refractivity contribution in [3.05, 3.63) is 298 Å². The quantitative estimate of drug-likeness (QED) is 0.0393. The van der Waals surface area contributed by atoms with Crippen molar-refractivity contribution in [2.45, 2.75) is 32.0 Å². The highest BCUT2D eigenvalue weighted by Crippen LogP contribution is 2.27. The zero-order chi connectivity index (χ0) is 60.6. The van der Waals surface area contributed by atoms with E-state index in [-0.39, 0.29) is 36.4 Å². The molecule has 8 aromatic rings. The van der Waals surface area contributed by atoms with Gasteiger partial charge in [0.15, 0.2) is 11.6 Å². The fourth-order valence-corrected chi connectivity index (χ4v) is 8.58. The number of Topliss-reactive ketones (excluding diaryl/α,β-unsaturated/α-hetero) is 2. The van der Waals surface area contributed by atoms with Crippen LogP contribution in [0, 0.1) is 6.92 Å². The minimum Gasteiger partial charge on any atom is -0.497 e. The molecule has 2 N–H and O–H groups in total. The number of halogens is 3. The first-order chi connectivity index (χ1) is 40.6. The second kappa shape index (κ2) is 39.6. The molecular weight excluding hydrogens is 1180 g/mol. The molecule has 8 aromatic carbocycles. The molecule has 0 spiro atoms. The van der Waals surface area contributed by atoms with Crippen LogP contribution in [-0.4, -0.2) is 99.3 Å². The summed E-state index contributed by atoms with van der Waals surface area (Å²) in [6.07, 6.45) is 10.6. The first-order valence-corrected chi connectivity index (χ1v) is 28.6. The Morgan fingerprint density at radius 1 is 0.442 bits per heavy atom. The van der Waals surface area contributed by atoms with Crippen LogP contribution in [0.3, 0.4) is 0 Å². The molecule has 0 bridgehead atoms. The van der Waals surface area contributed by atoms with Gasteiger partial charge >= 0.3 is 0 Å². The van der Waals surface area contributed by atoms with Crippen molar-refractivity contribution in [1.82, 2.24) is 9.80 Å². The summed E-state index contributed by atoms with van der Waals surface area (Å²) < 4.78 is 11.4. The maximum absolute atomic E-state index is 12.7. The molecule has 8 rings (SSSR count). The molecule has 0 heterocycles. The summed E-state index contributed by atoms with van der Waals surface area (Å²) in [6, 6.07) is 71.0. The van der Waals surface area contributed by atoms with Gasteiger partial charge in [0.05, 0.1) is 26.4 Å². The Kier molecular flexibility index (Phi) is 33.3. The third-order valence-electron chi connectivity index (χ3n) is 13.1. The summed E-state index contributed by atoms with van der Waals surface area (Å²) in [6.45, 7) is 10.9. The predicted molar refractivity (Wildman–Crippen MR) is 372 cm³/mol. The Morgan fingerprint density at radius 3 is 1.01 bits per heavy atom. The Morgan fingerprint density at radius 2 is 0.721 bits per heavy atom. The summed E-state index contributed by atoms with van der Waals surface area (Å²) in [5.74, 6) is 1.94. The van der Waals surface area contributed by atoms with Gasteiger partial charge in [-0.25, -0.2) is 0 Å². The van der Waals surface area contributed by atoms with Crippen molar-refractivity contribution in [2.24, 2.45) is 0 Å². The van der Waals surface area contributed by atoms with Crippen LogP contribution in [0.5, 0.6) is 11.5 Å². The molecule has 0 saturated heterocycles. The van der Waals surface area contributed by atoms with Crippen LogP contribution in [0.2, 0.25) is 0 Å². The van der Waals surface area contributed by atoms with Gasteiger partial charge in [0.25, 0.3) is 0 Å². The van der Waals surface area contributed by atoms with E-state index in [1.165, 1.54) is 11.6 Å². The highest BCUT2D eigenvalue weighted by molar-refractivity contribution is 9.10. The molecule has 86 heavy (non-hydrogen) atoms. The Balaban J connectivity index is 0.000000299. The van der Waals surface area contributed by atoms with Crippen LogP contribution in [0.25, 0.3) is 46.6 Å². The number of aliphatic hydroxyl groups is 2. The molecule has 0 aromatic heterocycles. The summed E-state index contributed by atoms with van der Waals surface area (Å²) in [5, 5.41) is 20.2. The average molecular weight is 1260 g/mol. The number of carbonyl (C=O) groups excluding carboxylic acids is 2. The third kappa shape index (κ3) is 25.3. The smallest absolute Gasteiger partial charge is 0.164 e. The van der Waals surface area contributed by atoms with E-state index in [2.05, 4.69) is 48.1 Å². The van der Waals surface area contributed by atoms with E-state index >= 15 is 0 Å². The van der Waals surface area contributed by atoms with Crippen molar-refractivity contribution in [2.75, 3.05) is 55.5 Å². The molecule has 0 amide bonds. The highest BCUT2D eigenvalue weighted by Gasteiger charge is 2.15. The molecule has 0 aliphatic rings. The SMILES string of the molecule is C=CC(O)/C(=C/c1ccc(C)cc1)c1ccccc1.C=CC(O)/C(=C\c1ccc(OC)cc1)c1ccccc1.CN(C)CCC(=O)/C(=C\c1ccc(Br)cc1)c1ccccc1.COc1ccc(/C=C(\C(=O)CCN(C)C)c2ccccc2)cc1.Cl.Cl. The van der Waals surface area contributed by atoms with E-state index in [9.17, 15) is 19.8 Å². The molecule has 0 aliphatic heterocycles. The Bertz CT molecular complexity index is 3390. The molecular formula is C75H81BrCl2N2O6. The molecule has 2 atom stereocenters. The van der Waals surface area contributed by atoms with Gasteiger partial charge in [0.1, 0.15) is 11.5 Å². The molecule has 0 radical (unpaired) electrons. The second-order valence-corrected chi connectivity index (χ2v) is 21.0. The standard InChI is InChI=1S/C20H23NO2.C19H20BrNO.C18H18O2.C18H18O.2ClH/c1-21(2)14-13-20(22)19(17-7-5-4-6-8-17)15-16-9-11-18(23-3)12-10-16;1-21(2)13-12-19(22)18(16-6-4-3-5-7-16)14-15-8-10-17(20)11-9-15;1-3-18(19)17(15-7-5-4-6-8-15)13-14-9-11-16(20-2)12-10-14;1-3-18(19)17(16-7-5-4-6-8-16)13-15-11-9-14(2)10-12-15;;/h4-12,15H,13-14H2,1-3H3;3-11,14H,12-13H2,1-2H3;3-13,18-19H,1H2,2H3;3-13,18-19H,1H2,2H3;2*1H/b19-15-;18-14-;17-13-;17-13+;;. The number of ether oxygens (including phenoxy) is 2. The third-order valence-corrected chi connectivity index (χ3v) is 13.6. The number of nitrogens with zero attached hydrogens (tertiary/aromatic N) is 2. The topological polar surface area (TPSA) is 99.5 Å². The van der Waals surface area contributed by atoms with Crippen LogP contribution in [-0.2, 0) is 9.59 Å². The van der Waals surface area contributed by atoms with Crippen LogP contribution in [0.15, 0.2) is 248 Å². The van der Waals surface area contributed by atoms with Gasteiger partial charge in [0, 0.05) is 41.6 Å². The average Bonchev–Trinajstić information content (AvgIpc) is 3.72. The van der Waals surface area contributed by atoms with Crippen LogP contribution in [0.4, 0.5) is 0 Å². The number of aliphatic hydroxyl groups excluding tert-OH is 2. The summed E-state index contributed by atoms with van der Waals surface area (Å²) in [4.78, 5) is 29.3. The number of rotatable bonds is 22. The zero-order valence-electron chi connectivity index (χ0n) is 50.3. The van der Waals surface area contributed by atoms with Gasteiger partial charge in [-0.05, 0) is 151 Å². The number of allylic oxidation sites excluding steroid dienone is 2. The second-order valence-electron chi connectivity index (χ2n) is 20.1. The monoisotopic (exact) mass is 1250 g/mol. The summed E-state index contributed by atoms with van der Waals surface area (Å²) in [5.41, 5.74) is 12.4. The van der Waals surface area contributed by atoms with Crippen LogP contribution >= 0.6 is 40.7 Å². The first-order valence-electron chi connectivity index (χ1n) is 27.8. The number of hydrogen-bond donors (Lipinski definition) is 2. The lowest BCUT2D eigenvalue weighted by Gasteiger charge is -2.12. The molecule has 11 heteroatoms. The normalized spacial score (nSPS) is 12.0. The Hall–Kier alpha value is -7.96. The molecule has 448 valence electrons. The minimum absolute atomic E-state index is 0. The number of hydrogen-bond acceptors (Lipinski definition) is 8. The molecule has 8 nitrogen and oxygen atoms in total. The predicted octanol–water partition coefficient (Wildman–Crippen LogP) is 17.0. The van der Waals surface area contributed by atoms with Gasteiger partial charge in [-0.3, -0.25) is 9.59 Å². The fourth-order valence-electron chi connectivity index (χ4n) is 8.31. The van der Waals surface area contributed by atoms with E-state index in [1.54, 1.807) is 20.3 Å². The largest absolute Gasteiger partial charge is 0.497 e. The van der Waals surface area contributed by atoms with Crippen molar-refractivity contribution >= 4 is 98.9 Å². The molecule has 0 saturated carbocycles. The summed E-state index contributed by atoms with van der Waals surface area (Å²) >= 11 is 3.43. The van der Waals surface area contributed by atoms with E-state index in [1.807, 2.05) is 269 Å². The van der Waals surface area contributed by atoms with Gasteiger partial charge in [-0.15, -0.1) is 38.0 Å². The van der Waals surface area contributed by atoms with Gasteiger partial charge in [0.2, 0.25) is 0 Å². The van der Waals surface area contributed by atoms with Gasteiger partial charge < -0.3 is 29.5 Å². The van der Waals surface area contributed by atoms with E-state index in [4.69, 9.17) is 9.47 Å². The minimum atomic E-state index is -0.695. The fraction of sp³-hybridized carbons (Fsp3) is 0.173. The van der Waals surface area contributed by atoms with Crippen molar-refractivity contribution in [3.8, 4) is 11.5 Å². The van der Waals surface area contributed by atoms with Crippen molar-refractivity contribution < 1.29 is 29.3 Å². The van der Waals surface area contributed by atoms with E-state index in [0.29, 0.717) is 12.8 Å². The highest BCUT2D eigenvalue weighted by atomic mass is 79.9. The zero-order valence-corrected chi connectivity index (χ0v) is 53.5. The van der Waals surface area contributed by atoms with Crippen LogP contribution in [0.1, 0.15) is 62.9 Å². The molecule has 0 aliphatic carbocycles. The maximum Gasteiger partial charge on any atom is 0.164 e. The van der Waals surface area contributed by atoms with Gasteiger partial charge in [-0.1, -0.05) is 216 Å². The summed E-state index contributed by atoms with van der Waals surface area (Å²) in [7, 11) is 11.2. The maximum atomic E-state index is 12.7. The lowest BCUT2D eigenvalue weighted by Crippen LogP contribution is -2.17. The Labute approximate surface area is 531 Å². The number of benzene rings is 8. The molecule has 2 unspecified atom stereocenters. The number of ketones is 2. The number of aryl methyl sites for hydroxylation is 1. The lowest BCUT2D eigenvalue weighted by molar-refractivity contribution is -0.114. The molecule has 0 fully saturated rings.